The quantitative estimate of drug-likeness (QED) is 0.542. The van der Waals surface area contributed by atoms with Gasteiger partial charge in [-0.2, -0.15) is 26.7 Å². The van der Waals surface area contributed by atoms with Gasteiger partial charge in [-0.05, 0) is 0 Å². The van der Waals surface area contributed by atoms with E-state index in [0.29, 0.717) is 12.1 Å². The summed E-state index contributed by atoms with van der Waals surface area (Å²) in [7, 11) is 0. The monoisotopic (exact) mass is 340 g/mol. The molecule has 1 rings (SSSR count). The van der Waals surface area contributed by atoms with Crippen molar-refractivity contribution in [3.05, 3.63) is 12.8 Å². The van der Waals surface area contributed by atoms with Crippen LogP contribution < -0.4 is 0 Å². The van der Waals surface area contributed by atoms with Gasteiger partial charge in [-0.3, -0.25) is 0 Å². The second-order valence-corrected chi connectivity index (χ2v) is 2.78. The molecule has 2 radical (unpaired) electrons. The zero-order chi connectivity index (χ0) is 8.81. The van der Waals surface area contributed by atoms with Gasteiger partial charge in [0, 0.05) is 65.4 Å². The molecular weight excluding hydrogens is 326 g/mol. The maximum absolute atomic E-state index is 4.18. The summed E-state index contributed by atoms with van der Waals surface area (Å²) in [6, 6.07) is 0.664. The molecule has 1 aliphatic rings. The molecule has 1 aliphatic carbocycles. The average molecular weight is 340 g/mol. The molecule has 0 heterocycles. The third kappa shape index (κ3) is 6.93. The van der Waals surface area contributed by atoms with Crippen LogP contribution in [0.4, 0.5) is 0 Å². The summed E-state index contributed by atoms with van der Waals surface area (Å²) in [5.74, 6) is 0. The Labute approximate surface area is 138 Å². The molecule has 0 saturated heterocycles. The van der Waals surface area contributed by atoms with E-state index in [4.69, 9.17) is 0 Å². The van der Waals surface area contributed by atoms with E-state index >= 15 is 0 Å². The van der Waals surface area contributed by atoms with Crippen LogP contribution in [0, 0.1) is 12.8 Å². The molecule has 0 aliphatic heterocycles. The molecule has 1 saturated carbocycles. The van der Waals surface area contributed by atoms with Crippen LogP contribution in [0.1, 0.15) is 26.7 Å². The van der Waals surface area contributed by atoms with Crippen molar-refractivity contribution in [2.24, 2.45) is 9.98 Å². The standard InChI is InChI=1S/C10H14N2.2Y/c1-3-11-9-5-7-10(8-6-9)12-4-2;;/h5,8-10H,6-7H2,1-2H3;;/q-4;;. The fourth-order valence-corrected chi connectivity index (χ4v) is 1.33. The summed E-state index contributed by atoms with van der Waals surface area (Å²) in [4.78, 5) is 8.36. The van der Waals surface area contributed by atoms with Crippen molar-refractivity contribution < 1.29 is 65.4 Å². The minimum atomic E-state index is 0. The van der Waals surface area contributed by atoms with Crippen LogP contribution in [-0.2, 0) is 65.4 Å². The summed E-state index contributed by atoms with van der Waals surface area (Å²) in [5, 5.41) is 0. The van der Waals surface area contributed by atoms with Crippen LogP contribution in [0.3, 0.4) is 0 Å². The number of aliphatic imine (C=N–C) groups is 2. The van der Waals surface area contributed by atoms with Crippen molar-refractivity contribution in [1.82, 2.24) is 0 Å². The minimum Gasteiger partial charge on any atom is -0.532 e. The fourth-order valence-electron chi connectivity index (χ4n) is 1.33. The normalized spacial score (nSPS) is 27.3. The third-order valence-electron chi connectivity index (χ3n) is 1.89. The summed E-state index contributed by atoms with van der Waals surface area (Å²) < 4.78 is 0. The molecule has 0 aromatic heterocycles. The molecule has 14 heavy (non-hydrogen) atoms. The van der Waals surface area contributed by atoms with Crippen molar-refractivity contribution in [2.75, 3.05) is 0 Å². The van der Waals surface area contributed by atoms with Crippen LogP contribution in [0.15, 0.2) is 9.98 Å². The Balaban J connectivity index is 0. The minimum absolute atomic E-state index is 0. The Hall–Kier alpha value is 1.55. The SMILES string of the molecule is C[C-]=NC1[CH-]CC(N=[C-]C)[CH-]C1.[Y].[Y]. The van der Waals surface area contributed by atoms with Gasteiger partial charge >= 0.3 is 0 Å². The molecule has 4 heteroatoms. The van der Waals surface area contributed by atoms with Crippen LogP contribution >= 0.6 is 0 Å². The predicted molar refractivity (Wildman–Crippen MR) is 51.6 cm³/mol. The summed E-state index contributed by atoms with van der Waals surface area (Å²) in [6.45, 7) is 3.66. The van der Waals surface area contributed by atoms with E-state index in [9.17, 15) is 0 Å². The Bertz CT molecular complexity index is 153. The van der Waals surface area contributed by atoms with Crippen LogP contribution in [0.2, 0.25) is 0 Å². The van der Waals surface area contributed by atoms with E-state index in [2.05, 4.69) is 35.3 Å². The van der Waals surface area contributed by atoms with Gasteiger partial charge in [-0.25, -0.2) is 0 Å². The van der Waals surface area contributed by atoms with Crippen molar-refractivity contribution in [2.45, 2.75) is 38.8 Å². The van der Waals surface area contributed by atoms with Gasteiger partial charge in [-0.1, -0.05) is 0 Å². The first-order valence-electron chi connectivity index (χ1n) is 4.26. The Morgan fingerprint density at radius 3 is 1.50 bits per heavy atom. The van der Waals surface area contributed by atoms with E-state index in [-0.39, 0.29) is 65.4 Å². The van der Waals surface area contributed by atoms with E-state index in [1.165, 1.54) is 0 Å². The molecule has 0 bridgehead atoms. The first kappa shape index (κ1) is 17.9. The van der Waals surface area contributed by atoms with Gasteiger partial charge in [-0.15, -0.1) is 12.1 Å². The largest absolute Gasteiger partial charge is 0.532 e. The van der Waals surface area contributed by atoms with Crippen molar-refractivity contribution >= 4 is 12.4 Å². The van der Waals surface area contributed by atoms with E-state index in [1.807, 2.05) is 13.8 Å². The molecular formula is C10H14N2Y2-4. The number of hydrogen-bond acceptors (Lipinski definition) is 2. The average Bonchev–Trinajstić information content (AvgIpc) is 2.09. The topological polar surface area (TPSA) is 24.7 Å². The number of hydrogen-bond donors (Lipinski definition) is 0. The Morgan fingerprint density at radius 2 is 1.29 bits per heavy atom. The summed E-state index contributed by atoms with van der Waals surface area (Å²) in [5.41, 5.74) is 0. The first-order chi connectivity index (χ1) is 5.86. The van der Waals surface area contributed by atoms with Gasteiger partial charge in [0.15, 0.2) is 0 Å². The van der Waals surface area contributed by atoms with Gasteiger partial charge < -0.3 is 35.3 Å². The van der Waals surface area contributed by atoms with E-state index in [0.717, 1.165) is 12.8 Å². The van der Waals surface area contributed by atoms with E-state index < -0.39 is 0 Å². The smallest absolute Gasteiger partial charge is 0 e. The second kappa shape index (κ2) is 11.0. The van der Waals surface area contributed by atoms with Gasteiger partial charge in [0.05, 0.1) is 0 Å². The van der Waals surface area contributed by atoms with Gasteiger partial charge in [0.25, 0.3) is 0 Å². The second-order valence-electron chi connectivity index (χ2n) is 2.78. The van der Waals surface area contributed by atoms with E-state index in [1.54, 1.807) is 0 Å². The summed E-state index contributed by atoms with van der Waals surface area (Å²) >= 11 is 0. The molecule has 2 atom stereocenters. The molecule has 0 N–H and O–H groups in total. The predicted octanol–water partition coefficient (Wildman–Crippen LogP) is 1.86. The number of nitrogens with zero attached hydrogens (tertiary/aromatic N) is 2. The van der Waals surface area contributed by atoms with Crippen LogP contribution in [0.25, 0.3) is 0 Å². The molecule has 0 aromatic rings. The maximum Gasteiger partial charge on any atom is 0 e. The third-order valence-corrected chi connectivity index (χ3v) is 1.89. The van der Waals surface area contributed by atoms with Gasteiger partial charge in [0.1, 0.15) is 0 Å². The molecule has 0 amide bonds. The van der Waals surface area contributed by atoms with Crippen molar-refractivity contribution in [3.8, 4) is 0 Å². The van der Waals surface area contributed by atoms with Crippen molar-refractivity contribution in [1.29, 1.82) is 0 Å². The molecule has 74 valence electrons. The van der Waals surface area contributed by atoms with Gasteiger partial charge in [0.2, 0.25) is 0 Å². The number of rotatable bonds is 2. The molecule has 1 fully saturated rings. The summed E-state index contributed by atoms with van der Waals surface area (Å²) in [6.07, 6.45) is 12.0. The maximum atomic E-state index is 4.18. The first-order valence-corrected chi connectivity index (χ1v) is 4.26. The van der Waals surface area contributed by atoms with Crippen molar-refractivity contribution in [3.63, 3.8) is 0 Å². The van der Waals surface area contributed by atoms with Crippen LogP contribution in [-0.4, -0.2) is 24.5 Å². The molecule has 2 nitrogen and oxygen atoms in total. The Kier molecular flexibility index (Phi) is 14.1. The molecule has 0 aromatic carbocycles. The molecule has 0 spiro atoms. The van der Waals surface area contributed by atoms with Crippen LogP contribution in [0.5, 0.6) is 0 Å². The fraction of sp³-hybridized carbons (Fsp3) is 0.600. The Morgan fingerprint density at radius 1 is 0.929 bits per heavy atom. The zero-order valence-electron chi connectivity index (χ0n) is 8.77. The molecule has 2 unspecified atom stereocenters. The zero-order valence-corrected chi connectivity index (χ0v) is 14.4.